The quantitative estimate of drug-likeness (QED) is 0.0652. The second-order valence-corrected chi connectivity index (χ2v) is 14.4. The number of sulfonamides is 1. The lowest BCUT2D eigenvalue weighted by Crippen LogP contribution is -2.46. The molecule has 14 nitrogen and oxygen atoms in total. The third kappa shape index (κ3) is 8.78. The number of carbonyl (C=O) groups excluding carboxylic acids is 1. The van der Waals surface area contributed by atoms with E-state index >= 15 is 0 Å². The van der Waals surface area contributed by atoms with Gasteiger partial charge >= 0.3 is 0 Å². The van der Waals surface area contributed by atoms with Gasteiger partial charge in [-0.25, -0.2) is 13.1 Å². The van der Waals surface area contributed by atoms with Crippen molar-refractivity contribution in [3.05, 3.63) is 125 Å². The van der Waals surface area contributed by atoms with Gasteiger partial charge < -0.3 is 15.3 Å². The van der Waals surface area contributed by atoms with Crippen molar-refractivity contribution in [2.24, 2.45) is 0 Å². The molecule has 3 N–H and O–H groups in total. The van der Waals surface area contributed by atoms with Gasteiger partial charge in [-0.1, -0.05) is 42.5 Å². The molecule has 1 saturated heterocycles. The topological polar surface area (TPSA) is 184 Å². The molecule has 3 aromatic carbocycles. The summed E-state index contributed by atoms with van der Waals surface area (Å²) in [5.41, 5.74) is 2.49. The molecular formula is C35H34N8O6S2. The van der Waals surface area contributed by atoms with Crippen molar-refractivity contribution >= 4 is 44.8 Å². The summed E-state index contributed by atoms with van der Waals surface area (Å²) in [6, 6.07) is 24.5. The van der Waals surface area contributed by atoms with Gasteiger partial charge in [0.25, 0.3) is 21.6 Å². The molecule has 1 aliphatic heterocycles. The molecule has 1 fully saturated rings. The second kappa shape index (κ2) is 16.0. The molecular weight excluding hydrogens is 693 g/mol. The van der Waals surface area contributed by atoms with Crippen molar-refractivity contribution in [1.29, 1.82) is 0 Å². The first kappa shape index (κ1) is 35.3. The van der Waals surface area contributed by atoms with Crippen LogP contribution in [-0.4, -0.2) is 82.9 Å². The summed E-state index contributed by atoms with van der Waals surface area (Å²) in [7, 11) is -4.61. The number of nitro benzene ring substituents is 1. The molecule has 0 atom stereocenters. The van der Waals surface area contributed by atoms with Gasteiger partial charge in [0.05, 0.1) is 16.8 Å². The van der Waals surface area contributed by atoms with E-state index in [0.29, 0.717) is 45.0 Å². The number of hydrogen-bond acceptors (Lipinski definition) is 13. The van der Waals surface area contributed by atoms with Crippen LogP contribution in [0.3, 0.4) is 0 Å². The highest BCUT2D eigenvalue weighted by Gasteiger charge is 2.31. The fraction of sp³-hybridized carbons (Fsp3) is 0.200. The van der Waals surface area contributed by atoms with E-state index in [2.05, 4.69) is 25.4 Å². The molecule has 51 heavy (non-hydrogen) atoms. The Hall–Kier alpha value is -5.58. The number of aromatic nitrogens is 3. The van der Waals surface area contributed by atoms with Gasteiger partial charge in [-0.3, -0.25) is 24.8 Å². The van der Waals surface area contributed by atoms with E-state index < -0.39 is 31.4 Å². The number of nitrogens with zero attached hydrogens (tertiary/aromatic N) is 6. The van der Waals surface area contributed by atoms with E-state index in [1.54, 1.807) is 24.0 Å². The van der Waals surface area contributed by atoms with Gasteiger partial charge in [-0.05, 0) is 47.5 Å². The predicted octanol–water partition coefficient (Wildman–Crippen LogP) is 4.80. The molecule has 0 aliphatic carbocycles. The number of hydrogen-bond donors (Lipinski definition) is 3. The number of nitrogens with one attached hydrogen (secondary N) is 2. The van der Waals surface area contributed by atoms with Crippen LogP contribution < -0.4 is 14.9 Å². The van der Waals surface area contributed by atoms with Gasteiger partial charge in [0.1, 0.15) is 16.3 Å². The van der Waals surface area contributed by atoms with Crippen molar-refractivity contribution in [3.8, 4) is 16.9 Å². The minimum atomic E-state index is -4.61. The maximum Gasteiger partial charge on any atom is 0.293 e. The molecule has 262 valence electrons. The van der Waals surface area contributed by atoms with Crippen molar-refractivity contribution in [3.63, 3.8) is 0 Å². The van der Waals surface area contributed by atoms with Crippen LogP contribution in [0.1, 0.15) is 16.1 Å². The summed E-state index contributed by atoms with van der Waals surface area (Å²) in [4.78, 5) is 33.4. The Bertz CT molecular complexity index is 2120. The van der Waals surface area contributed by atoms with Gasteiger partial charge in [0, 0.05) is 73.9 Å². The summed E-state index contributed by atoms with van der Waals surface area (Å²) in [5.74, 6) is -0.340. The fourth-order valence-corrected chi connectivity index (χ4v) is 7.72. The minimum absolute atomic E-state index is 0.0708. The molecule has 0 unspecified atom stereocenters. The zero-order chi connectivity index (χ0) is 35.8. The third-order valence-corrected chi connectivity index (χ3v) is 10.6. The first-order chi connectivity index (χ1) is 24.7. The number of carbonyl (C=O) groups is 1. The maximum absolute atomic E-state index is 13.8. The molecule has 16 heteroatoms. The smallest absolute Gasteiger partial charge is 0.293 e. The highest BCUT2D eigenvalue weighted by atomic mass is 32.2. The van der Waals surface area contributed by atoms with E-state index in [4.69, 9.17) is 0 Å². The molecule has 0 saturated carbocycles. The minimum Gasteiger partial charge on any atom is -0.506 e. The molecule has 1 amide bonds. The number of rotatable bonds is 13. The summed E-state index contributed by atoms with van der Waals surface area (Å²) < 4.78 is 29.6. The first-order valence-corrected chi connectivity index (χ1v) is 18.4. The zero-order valence-corrected chi connectivity index (χ0v) is 28.9. The molecule has 3 heterocycles. The Morgan fingerprint density at radius 3 is 2.45 bits per heavy atom. The third-order valence-electron chi connectivity index (χ3n) is 8.18. The summed E-state index contributed by atoms with van der Waals surface area (Å²) in [6.45, 7) is 2.86. The Morgan fingerprint density at radius 1 is 0.961 bits per heavy atom. The van der Waals surface area contributed by atoms with Crippen LogP contribution in [0.15, 0.2) is 113 Å². The van der Waals surface area contributed by atoms with E-state index in [1.165, 1.54) is 30.6 Å². The Kier molecular flexibility index (Phi) is 11.0. The van der Waals surface area contributed by atoms with Crippen molar-refractivity contribution in [2.75, 3.05) is 48.7 Å². The van der Waals surface area contributed by atoms with E-state index in [0.717, 1.165) is 27.7 Å². The van der Waals surface area contributed by atoms with Crippen molar-refractivity contribution < 1.29 is 23.2 Å². The highest BCUT2D eigenvalue weighted by Crippen LogP contribution is 2.37. The molecule has 0 radical (unpaired) electrons. The zero-order valence-electron chi connectivity index (χ0n) is 27.3. The lowest BCUT2D eigenvalue weighted by molar-refractivity contribution is -0.384. The molecule has 0 bridgehead atoms. The average Bonchev–Trinajstić information content (AvgIpc) is 3.14. The number of aromatic hydroxyl groups is 1. The van der Waals surface area contributed by atoms with Gasteiger partial charge in [-0.2, -0.15) is 5.10 Å². The predicted molar refractivity (Wildman–Crippen MR) is 194 cm³/mol. The van der Waals surface area contributed by atoms with Crippen LogP contribution in [0, 0.1) is 10.1 Å². The molecule has 0 spiro atoms. The van der Waals surface area contributed by atoms with Crippen LogP contribution in [0.25, 0.3) is 11.1 Å². The molecule has 6 rings (SSSR count). The van der Waals surface area contributed by atoms with E-state index in [9.17, 15) is 28.4 Å². The number of pyridine rings is 1. The number of nitro groups is 1. The average molecular weight is 727 g/mol. The standard InChI is InChI=1S/C35H34N8O6S2/c44-27-19-26(22-36-23-27)29-10-5-4-7-25(29)24-41-14-16-42(17-15-41)33-20-31(37-13-18-50-28-8-2-1-3-9-28)32(43(46)47)21-34(33)51(48,49)40-35(45)30-11-6-12-38-39-30/h1-12,19-23,37,44H,13-18,24H2,(H,40,45). The fourth-order valence-electron chi connectivity index (χ4n) is 5.74. The monoisotopic (exact) mass is 726 g/mol. The SMILES string of the molecule is O=C(NS(=O)(=O)c1cc([N+](=O)[O-])c(NCCSc2ccccc2)cc1N1CCN(Cc2ccccc2-c2cncc(O)c2)CC1)c1cccnn1. The van der Waals surface area contributed by atoms with Gasteiger partial charge in [0.2, 0.25) is 0 Å². The largest absolute Gasteiger partial charge is 0.506 e. The number of piperazine rings is 1. The second-order valence-electron chi connectivity index (χ2n) is 11.6. The summed E-state index contributed by atoms with van der Waals surface area (Å²) in [5, 5.41) is 32.7. The van der Waals surface area contributed by atoms with Crippen LogP contribution in [0.5, 0.6) is 5.75 Å². The molecule has 2 aromatic heterocycles. The first-order valence-electron chi connectivity index (χ1n) is 16.0. The number of benzene rings is 3. The summed E-state index contributed by atoms with van der Waals surface area (Å²) >= 11 is 1.58. The van der Waals surface area contributed by atoms with Crippen LogP contribution in [0.4, 0.5) is 17.1 Å². The molecule has 5 aromatic rings. The maximum atomic E-state index is 13.8. The summed E-state index contributed by atoms with van der Waals surface area (Å²) in [6.07, 6.45) is 4.42. The van der Waals surface area contributed by atoms with Gasteiger partial charge in [0.15, 0.2) is 5.69 Å². The Morgan fingerprint density at radius 2 is 1.73 bits per heavy atom. The number of amides is 1. The van der Waals surface area contributed by atoms with Crippen LogP contribution >= 0.6 is 11.8 Å². The van der Waals surface area contributed by atoms with Crippen LogP contribution in [-0.2, 0) is 16.6 Å². The Labute approximate surface area is 298 Å². The Balaban J connectivity index is 1.26. The van der Waals surface area contributed by atoms with Crippen molar-refractivity contribution in [2.45, 2.75) is 16.3 Å². The number of thioether (sulfide) groups is 1. The highest BCUT2D eigenvalue weighted by molar-refractivity contribution is 7.99. The normalized spacial score (nSPS) is 13.5. The van der Waals surface area contributed by atoms with Crippen molar-refractivity contribution in [1.82, 2.24) is 24.8 Å². The van der Waals surface area contributed by atoms with Gasteiger partial charge in [-0.15, -0.1) is 16.9 Å². The lowest BCUT2D eigenvalue weighted by atomic mass is 10.0. The number of anilines is 2. The molecule has 1 aliphatic rings. The lowest BCUT2D eigenvalue weighted by Gasteiger charge is -2.37. The van der Waals surface area contributed by atoms with Crippen LogP contribution in [0.2, 0.25) is 0 Å². The van der Waals surface area contributed by atoms with E-state index in [-0.39, 0.29) is 22.8 Å². The van der Waals surface area contributed by atoms with E-state index in [1.807, 2.05) is 64.2 Å².